The molecule has 3 aromatic rings. The summed E-state index contributed by atoms with van der Waals surface area (Å²) in [6.45, 7) is 8.52. The molecule has 0 bridgehead atoms. The van der Waals surface area contributed by atoms with Crippen molar-refractivity contribution in [3.63, 3.8) is 0 Å². The lowest BCUT2D eigenvalue weighted by Gasteiger charge is -2.63. The zero-order valence-electron chi connectivity index (χ0n) is 22.2. The molecule has 1 fully saturated rings. The summed E-state index contributed by atoms with van der Waals surface area (Å²) in [4.78, 5) is 13.2. The van der Waals surface area contributed by atoms with Crippen LogP contribution in [0.15, 0.2) is 48.7 Å². The molecule has 0 radical (unpaired) electrons. The van der Waals surface area contributed by atoms with Crippen molar-refractivity contribution in [3.05, 3.63) is 70.5 Å². The number of ether oxygens (including phenoxy) is 1. The van der Waals surface area contributed by atoms with Gasteiger partial charge in [0.25, 0.3) is 5.91 Å². The molecular formula is C29H34ClN5O3. The number of hydrogen-bond acceptors (Lipinski definition) is 6. The lowest BCUT2D eigenvalue weighted by Crippen LogP contribution is -2.74. The standard InChI is InChI=1S/C29H34ClN5O3/c1-28(2)26(29(3,4)27(28)38-23-14-11-20(17-31)24(30)16-23)32-25(37)19-9-12-22(13-10-19)35-18-21(33-34-35)8-6-5-7-15-36/h9-14,16,18,26-27,36H,5-8,15H2,1-4H3,(H,32,37). The highest BCUT2D eigenvalue weighted by molar-refractivity contribution is 6.31. The summed E-state index contributed by atoms with van der Waals surface area (Å²) in [5.74, 6) is 0.452. The minimum Gasteiger partial charge on any atom is -0.489 e. The van der Waals surface area contributed by atoms with Gasteiger partial charge in [-0.05, 0) is 55.7 Å². The van der Waals surface area contributed by atoms with Crippen LogP contribution in [-0.4, -0.2) is 44.8 Å². The predicted octanol–water partition coefficient (Wildman–Crippen LogP) is 5.11. The average molecular weight is 536 g/mol. The summed E-state index contributed by atoms with van der Waals surface area (Å²) in [7, 11) is 0. The number of nitrogens with zero attached hydrogens (tertiary/aromatic N) is 4. The molecule has 2 N–H and O–H groups in total. The molecule has 1 saturated carbocycles. The summed E-state index contributed by atoms with van der Waals surface area (Å²) in [5, 5.41) is 30.0. The number of aryl methyl sites for hydroxylation is 1. The van der Waals surface area contributed by atoms with Crippen molar-refractivity contribution in [2.24, 2.45) is 10.8 Å². The Bertz CT molecular complexity index is 1310. The van der Waals surface area contributed by atoms with Crippen LogP contribution in [0.1, 0.15) is 68.6 Å². The number of hydrogen-bond donors (Lipinski definition) is 2. The Kier molecular flexibility index (Phi) is 8.10. The van der Waals surface area contributed by atoms with Gasteiger partial charge in [0.1, 0.15) is 17.9 Å². The molecule has 9 heteroatoms. The van der Waals surface area contributed by atoms with Crippen molar-refractivity contribution < 1.29 is 14.6 Å². The van der Waals surface area contributed by atoms with Gasteiger partial charge in [-0.15, -0.1) is 5.10 Å². The van der Waals surface area contributed by atoms with Gasteiger partial charge in [-0.2, -0.15) is 5.26 Å². The van der Waals surface area contributed by atoms with Gasteiger partial charge in [-0.25, -0.2) is 4.68 Å². The van der Waals surface area contributed by atoms with Gasteiger partial charge in [0.2, 0.25) is 0 Å². The Morgan fingerprint density at radius 2 is 1.84 bits per heavy atom. The van der Waals surface area contributed by atoms with Crippen LogP contribution in [0.4, 0.5) is 0 Å². The van der Waals surface area contributed by atoms with Gasteiger partial charge in [0, 0.05) is 35.1 Å². The Hall–Kier alpha value is -3.41. The summed E-state index contributed by atoms with van der Waals surface area (Å²) < 4.78 is 8.02. The van der Waals surface area contributed by atoms with E-state index in [1.807, 2.05) is 18.3 Å². The number of aromatic nitrogens is 3. The number of aliphatic hydroxyl groups excluding tert-OH is 1. The first kappa shape index (κ1) is 27.6. The SMILES string of the molecule is CC1(C)C(NC(=O)c2ccc(-n3cc(CCCCCO)nn3)cc2)C(C)(C)C1Oc1ccc(C#N)c(Cl)c1. The van der Waals surface area contributed by atoms with Crippen LogP contribution in [0.2, 0.25) is 5.02 Å². The molecule has 1 amide bonds. The third kappa shape index (κ3) is 5.54. The number of rotatable bonds is 10. The van der Waals surface area contributed by atoms with Crippen molar-refractivity contribution in [1.82, 2.24) is 20.3 Å². The summed E-state index contributed by atoms with van der Waals surface area (Å²) in [5.41, 5.74) is 2.02. The van der Waals surface area contributed by atoms with E-state index in [1.165, 1.54) is 0 Å². The van der Waals surface area contributed by atoms with Gasteiger partial charge in [0.05, 0.1) is 28.2 Å². The third-order valence-electron chi connectivity index (χ3n) is 7.46. The van der Waals surface area contributed by atoms with E-state index in [0.29, 0.717) is 21.9 Å². The van der Waals surface area contributed by atoms with Crippen LogP contribution < -0.4 is 10.1 Å². The molecule has 1 aromatic heterocycles. The topological polar surface area (TPSA) is 113 Å². The maximum Gasteiger partial charge on any atom is 0.251 e. The number of carbonyl (C=O) groups is 1. The van der Waals surface area contributed by atoms with E-state index in [4.69, 9.17) is 26.7 Å². The van der Waals surface area contributed by atoms with Crippen molar-refractivity contribution in [3.8, 4) is 17.5 Å². The zero-order valence-corrected chi connectivity index (χ0v) is 23.0. The number of carbonyl (C=O) groups excluding carboxylic acids is 1. The number of amides is 1. The first-order chi connectivity index (χ1) is 18.1. The van der Waals surface area contributed by atoms with Crippen molar-refractivity contribution in [2.75, 3.05) is 6.61 Å². The molecule has 0 saturated heterocycles. The quantitative estimate of drug-likeness (QED) is 0.349. The highest BCUT2D eigenvalue weighted by Gasteiger charge is 2.64. The van der Waals surface area contributed by atoms with Crippen LogP contribution in [0.3, 0.4) is 0 Å². The zero-order chi connectivity index (χ0) is 27.5. The molecule has 2 aromatic carbocycles. The number of benzene rings is 2. The van der Waals surface area contributed by atoms with E-state index in [1.54, 1.807) is 35.0 Å². The molecule has 38 heavy (non-hydrogen) atoms. The van der Waals surface area contributed by atoms with Gasteiger partial charge < -0.3 is 15.2 Å². The Morgan fingerprint density at radius 3 is 2.47 bits per heavy atom. The number of halogens is 1. The molecule has 1 aliphatic carbocycles. The number of unbranched alkanes of at least 4 members (excludes halogenated alkanes) is 2. The van der Waals surface area contributed by atoms with Crippen LogP contribution in [-0.2, 0) is 6.42 Å². The van der Waals surface area contributed by atoms with E-state index in [-0.39, 0.29) is 35.5 Å². The van der Waals surface area contributed by atoms with Gasteiger partial charge in [-0.3, -0.25) is 4.79 Å². The molecular weight excluding hydrogens is 502 g/mol. The Balaban J connectivity index is 1.39. The molecule has 4 rings (SSSR count). The first-order valence-corrected chi connectivity index (χ1v) is 13.3. The maximum absolute atomic E-state index is 13.2. The second kappa shape index (κ2) is 11.1. The van der Waals surface area contributed by atoms with Crippen molar-refractivity contribution in [2.45, 2.75) is 65.5 Å². The van der Waals surface area contributed by atoms with Crippen LogP contribution in [0.25, 0.3) is 5.69 Å². The molecule has 0 unspecified atom stereocenters. The summed E-state index contributed by atoms with van der Waals surface area (Å²) in [6, 6.07) is 14.3. The monoisotopic (exact) mass is 535 g/mol. The number of aliphatic hydroxyl groups is 1. The van der Waals surface area contributed by atoms with E-state index in [0.717, 1.165) is 37.1 Å². The highest BCUT2D eigenvalue weighted by atomic mass is 35.5. The lowest BCUT2D eigenvalue weighted by atomic mass is 9.49. The maximum atomic E-state index is 13.2. The van der Waals surface area contributed by atoms with Crippen LogP contribution in [0.5, 0.6) is 5.75 Å². The largest absolute Gasteiger partial charge is 0.489 e. The molecule has 1 heterocycles. The molecule has 0 atom stereocenters. The smallest absolute Gasteiger partial charge is 0.251 e. The Morgan fingerprint density at radius 1 is 1.13 bits per heavy atom. The number of nitriles is 1. The predicted molar refractivity (Wildman–Crippen MR) is 145 cm³/mol. The van der Waals surface area contributed by atoms with E-state index >= 15 is 0 Å². The van der Waals surface area contributed by atoms with E-state index in [2.05, 4.69) is 49.4 Å². The Labute approximate surface area is 228 Å². The molecule has 1 aliphatic rings. The summed E-state index contributed by atoms with van der Waals surface area (Å²) >= 11 is 6.19. The van der Waals surface area contributed by atoms with E-state index < -0.39 is 0 Å². The fraction of sp³-hybridized carbons (Fsp3) is 0.448. The van der Waals surface area contributed by atoms with E-state index in [9.17, 15) is 4.79 Å². The first-order valence-electron chi connectivity index (χ1n) is 12.9. The third-order valence-corrected chi connectivity index (χ3v) is 7.77. The summed E-state index contributed by atoms with van der Waals surface area (Å²) in [6.07, 6.45) is 5.26. The second-order valence-electron chi connectivity index (χ2n) is 11.0. The minimum atomic E-state index is -0.339. The minimum absolute atomic E-state index is 0.121. The average Bonchev–Trinajstić information content (AvgIpc) is 3.37. The van der Waals surface area contributed by atoms with Crippen LogP contribution >= 0.6 is 11.6 Å². The fourth-order valence-electron chi connectivity index (χ4n) is 5.71. The molecule has 200 valence electrons. The van der Waals surface area contributed by atoms with Gasteiger partial charge in [-0.1, -0.05) is 50.9 Å². The lowest BCUT2D eigenvalue weighted by molar-refractivity contribution is -0.164. The normalized spacial score (nSPS) is 19.3. The van der Waals surface area contributed by atoms with Crippen molar-refractivity contribution in [1.29, 1.82) is 5.26 Å². The van der Waals surface area contributed by atoms with Gasteiger partial charge >= 0.3 is 0 Å². The van der Waals surface area contributed by atoms with Crippen molar-refractivity contribution >= 4 is 17.5 Å². The molecule has 0 aliphatic heterocycles. The fourth-order valence-corrected chi connectivity index (χ4v) is 5.92. The molecule has 0 spiro atoms. The van der Waals surface area contributed by atoms with Gasteiger partial charge in [0.15, 0.2) is 0 Å². The van der Waals surface area contributed by atoms with Crippen LogP contribution in [0, 0.1) is 22.2 Å². The highest BCUT2D eigenvalue weighted by Crippen LogP contribution is 2.55. The molecule has 8 nitrogen and oxygen atoms in total. The second-order valence-corrected chi connectivity index (χ2v) is 11.4. The number of nitrogens with one attached hydrogen (secondary N) is 1.